The van der Waals surface area contributed by atoms with Gasteiger partial charge >= 0.3 is 0 Å². The standard InChI is InChI=1S/C14H23N3/c1-2-15-11-14-8-4-6-10-17(14)12-13-7-3-5-9-16-13/h3,5,7,9,14-15H,2,4,6,8,10-12H2,1H3. The Balaban J connectivity index is 1.92. The zero-order chi connectivity index (χ0) is 11.9. The predicted octanol–water partition coefficient (Wildman–Crippen LogP) is 2.05. The Kier molecular flexibility index (Phi) is 4.95. The van der Waals surface area contributed by atoms with Crippen LogP contribution in [-0.2, 0) is 6.54 Å². The molecule has 2 rings (SSSR count). The van der Waals surface area contributed by atoms with Crippen molar-refractivity contribution >= 4 is 0 Å². The molecule has 3 heteroatoms. The molecule has 0 amide bonds. The second-order valence-corrected chi connectivity index (χ2v) is 4.75. The Hall–Kier alpha value is -0.930. The molecule has 1 aliphatic heterocycles. The van der Waals surface area contributed by atoms with E-state index in [2.05, 4.69) is 34.3 Å². The minimum Gasteiger partial charge on any atom is -0.315 e. The maximum atomic E-state index is 4.43. The van der Waals surface area contributed by atoms with Crippen LogP contribution in [0, 0.1) is 0 Å². The number of nitrogens with zero attached hydrogens (tertiary/aromatic N) is 2. The summed E-state index contributed by atoms with van der Waals surface area (Å²) in [6.45, 7) is 6.56. The van der Waals surface area contributed by atoms with Gasteiger partial charge in [0.15, 0.2) is 0 Å². The highest BCUT2D eigenvalue weighted by atomic mass is 15.2. The normalized spacial score (nSPS) is 21.6. The lowest BCUT2D eigenvalue weighted by atomic mass is 10.0. The van der Waals surface area contributed by atoms with Gasteiger partial charge in [0, 0.05) is 25.3 Å². The van der Waals surface area contributed by atoms with Crippen molar-refractivity contribution in [1.82, 2.24) is 15.2 Å². The summed E-state index contributed by atoms with van der Waals surface area (Å²) in [4.78, 5) is 7.00. The average molecular weight is 233 g/mol. The third-order valence-electron chi connectivity index (χ3n) is 3.47. The van der Waals surface area contributed by atoms with Crippen molar-refractivity contribution in [1.29, 1.82) is 0 Å². The van der Waals surface area contributed by atoms with Crippen LogP contribution < -0.4 is 5.32 Å². The van der Waals surface area contributed by atoms with Crippen LogP contribution in [0.2, 0.25) is 0 Å². The Labute approximate surface area is 104 Å². The lowest BCUT2D eigenvalue weighted by molar-refractivity contribution is 0.136. The van der Waals surface area contributed by atoms with E-state index in [9.17, 15) is 0 Å². The maximum Gasteiger partial charge on any atom is 0.0544 e. The molecule has 0 aromatic carbocycles. The molecule has 0 radical (unpaired) electrons. The van der Waals surface area contributed by atoms with E-state index in [-0.39, 0.29) is 0 Å². The van der Waals surface area contributed by atoms with Gasteiger partial charge in [-0.15, -0.1) is 0 Å². The van der Waals surface area contributed by atoms with Crippen LogP contribution in [0.15, 0.2) is 24.4 Å². The van der Waals surface area contributed by atoms with E-state index < -0.39 is 0 Å². The lowest BCUT2D eigenvalue weighted by Gasteiger charge is -2.35. The van der Waals surface area contributed by atoms with Crippen LogP contribution in [0.3, 0.4) is 0 Å². The lowest BCUT2D eigenvalue weighted by Crippen LogP contribution is -2.45. The highest BCUT2D eigenvalue weighted by Crippen LogP contribution is 2.18. The molecule has 0 spiro atoms. The van der Waals surface area contributed by atoms with Gasteiger partial charge in [0.2, 0.25) is 0 Å². The van der Waals surface area contributed by atoms with E-state index in [1.54, 1.807) is 0 Å². The van der Waals surface area contributed by atoms with E-state index in [0.717, 1.165) is 19.6 Å². The van der Waals surface area contributed by atoms with Crippen molar-refractivity contribution in [2.75, 3.05) is 19.6 Å². The SMILES string of the molecule is CCNCC1CCCCN1Cc1ccccn1. The number of hydrogen-bond acceptors (Lipinski definition) is 3. The summed E-state index contributed by atoms with van der Waals surface area (Å²) in [6.07, 6.45) is 5.91. The molecule has 1 aliphatic rings. The first kappa shape index (κ1) is 12.5. The van der Waals surface area contributed by atoms with Gasteiger partial charge in [-0.2, -0.15) is 0 Å². The minimum absolute atomic E-state index is 0.686. The fourth-order valence-corrected chi connectivity index (χ4v) is 2.51. The Morgan fingerprint density at radius 2 is 2.35 bits per heavy atom. The van der Waals surface area contributed by atoms with Gasteiger partial charge in [-0.1, -0.05) is 19.4 Å². The minimum atomic E-state index is 0.686. The van der Waals surface area contributed by atoms with Gasteiger partial charge in [0.05, 0.1) is 5.69 Å². The van der Waals surface area contributed by atoms with Gasteiger partial charge in [0.1, 0.15) is 0 Å². The molecular weight excluding hydrogens is 210 g/mol. The quantitative estimate of drug-likeness (QED) is 0.843. The summed E-state index contributed by atoms with van der Waals surface area (Å²) >= 11 is 0. The van der Waals surface area contributed by atoms with Crippen molar-refractivity contribution < 1.29 is 0 Å². The molecule has 1 N–H and O–H groups in total. The number of likely N-dealkylation sites (tertiary alicyclic amines) is 1. The van der Waals surface area contributed by atoms with Crippen LogP contribution in [0.1, 0.15) is 31.9 Å². The van der Waals surface area contributed by atoms with E-state index in [1.165, 1.54) is 31.5 Å². The number of piperidine rings is 1. The zero-order valence-electron chi connectivity index (χ0n) is 10.7. The third-order valence-corrected chi connectivity index (χ3v) is 3.47. The van der Waals surface area contributed by atoms with Gasteiger partial charge in [-0.05, 0) is 38.1 Å². The Bertz CT molecular complexity index is 313. The summed E-state index contributed by atoms with van der Waals surface area (Å²) in [5, 5.41) is 3.47. The molecule has 1 saturated heterocycles. The fourth-order valence-electron chi connectivity index (χ4n) is 2.51. The summed E-state index contributed by atoms with van der Waals surface area (Å²) < 4.78 is 0. The van der Waals surface area contributed by atoms with Crippen LogP contribution >= 0.6 is 0 Å². The zero-order valence-corrected chi connectivity index (χ0v) is 10.7. The summed E-state index contributed by atoms with van der Waals surface area (Å²) in [7, 11) is 0. The summed E-state index contributed by atoms with van der Waals surface area (Å²) in [5.41, 5.74) is 1.19. The first-order valence-corrected chi connectivity index (χ1v) is 6.75. The largest absolute Gasteiger partial charge is 0.315 e. The molecule has 3 nitrogen and oxygen atoms in total. The maximum absolute atomic E-state index is 4.43. The van der Waals surface area contributed by atoms with E-state index in [1.807, 2.05) is 12.3 Å². The Morgan fingerprint density at radius 1 is 1.41 bits per heavy atom. The molecule has 1 fully saturated rings. The number of pyridine rings is 1. The van der Waals surface area contributed by atoms with Crippen molar-refractivity contribution in [3.05, 3.63) is 30.1 Å². The smallest absolute Gasteiger partial charge is 0.0544 e. The molecule has 1 atom stereocenters. The predicted molar refractivity (Wildman–Crippen MR) is 70.8 cm³/mol. The van der Waals surface area contributed by atoms with Crippen LogP contribution in [-0.4, -0.2) is 35.6 Å². The van der Waals surface area contributed by atoms with Crippen LogP contribution in [0.4, 0.5) is 0 Å². The Morgan fingerprint density at radius 3 is 3.12 bits per heavy atom. The molecule has 0 saturated carbocycles. The summed E-state index contributed by atoms with van der Waals surface area (Å²) in [5.74, 6) is 0. The van der Waals surface area contributed by atoms with E-state index in [4.69, 9.17) is 0 Å². The van der Waals surface area contributed by atoms with Crippen LogP contribution in [0.25, 0.3) is 0 Å². The average Bonchev–Trinajstić information content (AvgIpc) is 2.39. The molecule has 0 aliphatic carbocycles. The van der Waals surface area contributed by atoms with Crippen molar-refractivity contribution in [3.63, 3.8) is 0 Å². The molecular formula is C14H23N3. The fraction of sp³-hybridized carbons (Fsp3) is 0.643. The third kappa shape index (κ3) is 3.79. The van der Waals surface area contributed by atoms with E-state index in [0.29, 0.717) is 6.04 Å². The number of likely N-dealkylation sites (N-methyl/N-ethyl adjacent to an activating group) is 1. The van der Waals surface area contributed by atoms with Gasteiger partial charge in [0.25, 0.3) is 0 Å². The highest BCUT2D eigenvalue weighted by molar-refractivity contribution is 5.03. The monoisotopic (exact) mass is 233 g/mol. The number of nitrogens with one attached hydrogen (secondary N) is 1. The van der Waals surface area contributed by atoms with Crippen molar-refractivity contribution in [2.45, 2.75) is 38.8 Å². The molecule has 1 unspecified atom stereocenters. The van der Waals surface area contributed by atoms with Crippen molar-refractivity contribution in [2.24, 2.45) is 0 Å². The second kappa shape index (κ2) is 6.72. The number of rotatable bonds is 5. The molecule has 0 bridgehead atoms. The number of aromatic nitrogens is 1. The molecule has 1 aromatic heterocycles. The first-order valence-electron chi connectivity index (χ1n) is 6.75. The van der Waals surface area contributed by atoms with Gasteiger partial charge < -0.3 is 5.32 Å². The van der Waals surface area contributed by atoms with E-state index >= 15 is 0 Å². The topological polar surface area (TPSA) is 28.2 Å². The first-order chi connectivity index (χ1) is 8.40. The van der Waals surface area contributed by atoms with Crippen LogP contribution in [0.5, 0.6) is 0 Å². The molecule has 17 heavy (non-hydrogen) atoms. The molecule has 94 valence electrons. The molecule has 1 aromatic rings. The highest BCUT2D eigenvalue weighted by Gasteiger charge is 2.21. The van der Waals surface area contributed by atoms with Gasteiger partial charge in [-0.25, -0.2) is 0 Å². The van der Waals surface area contributed by atoms with Crippen molar-refractivity contribution in [3.8, 4) is 0 Å². The number of hydrogen-bond donors (Lipinski definition) is 1. The second-order valence-electron chi connectivity index (χ2n) is 4.75. The van der Waals surface area contributed by atoms with Gasteiger partial charge in [-0.3, -0.25) is 9.88 Å². The molecule has 2 heterocycles. The summed E-state index contributed by atoms with van der Waals surface area (Å²) in [6, 6.07) is 6.87.